The number of amides is 1. The molecule has 1 aromatic carbocycles. The number of carbonyl (C=O) groups is 2. The number of aryl methyl sites for hydroxylation is 1. The first-order chi connectivity index (χ1) is 10.6. The van der Waals surface area contributed by atoms with Crippen molar-refractivity contribution in [3.8, 4) is 0 Å². The lowest BCUT2D eigenvalue weighted by Gasteiger charge is -2.28. The van der Waals surface area contributed by atoms with Crippen molar-refractivity contribution in [3.63, 3.8) is 0 Å². The van der Waals surface area contributed by atoms with Crippen molar-refractivity contribution in [1.29, 1.82) is 0 Å². The highest BCUT2D eigenvalue weighted by molar-refractivity contribution is 6.08. The molecule has 0 spiro atoms. The number of methoxy groups -OCH3 is 1. The molecule has 0 unspecified atom stereocenters. The van der Waals surface area contributed by atoms with Crippen LogP contribution in [-0.4, -0.2) is 30.2 Å². The molecule has 2 rings (SSSR count). The van der Waals surface area contributed by atoms with Gasteiger partial charge in [0.05, 0.1) is 7.11 Å². The number of benzene rings is 1. The Morgan fingerprint density at radius 1 is 1.32 bits per heavy atom. The van der Waals surface area contributed by atoms with Crippen molar-refractivity contribution < 1.29 is 18.8 Å². The summed E-state index contributed by atoms with van der Waals surface area (Å²) in [6.07, 6.45) is 0.421. The standard InChI is InChI=1S/C16H18N2O4/c1-4-14(16(20)21-3)18(12-8-6-5-7-9-12)15(19)13-10-11(2)22-17-13/h5-10,14H,4H2,1-3H3/t14-/m0/s1. The molecule has 0 aliphatic rings. The average molecular weight is 302 g/mol. The molecule has 2 aromatic rings. The van der Waals surface area contributed by atoms with E-state index in [4.69, 9.17) is 9.26 Å². The summed E-state index contributed by atoms with van der Waals surface area (Å²) in [5.41, 5.74) is 0.758. The van der Waals surface area contributed by atoms with Crippen molar-refractivity contribution >= 4 is 17.6 Å². The highest BCUT2D eigenvalue weighted by atomic mass is 16.5. The van der Waals surface area contributed by atoms with Crippen LogP contribution in [0.1, 0.15) is 29.6 Å². The lowest BCUT2D eigenvalue weighted by Crippen LogP contribution is -2.45. The average Bonchev–Trinajstić information content (AvgIpc) is 2.98. The summed E-state index contributed by atoms with van der Waals surface area (Å²) >= 11 is 0. The Bertz CT molecular complexity index is 651. The number of carbonyl (C=O) groups excluding carboxylic acids is 2. The molecule has 116 valence electrons. The third kappa shape index (κ3) is 3.16. The first-order valence-electron chi connectivity index (χ1n) is 6.98. The van der Waals surface area contributed by atoms with Crippen LogP contribution in [0.4, 0.5) is 5.69 Å². The fraction of sp³-hybridized carbons (Fsp3) is 0.312. The van der Waals surface area contributed by atoms with E-state index in [2.05, 4.69) is 5.16 Å². The van der Waals surface area contributed by atoms with Gasteiger partial charge in [0.15, 0.2) is 5.69 Å². The summed E-state index contributed by atoms with van der Waals surface area (Å²) in [5.74, 6) is -0.345. The van der Waals surface area contributed by atoms with Crippen LogP contribution in [0.25, 0.3) is 0 Å². The quantitative estimate of drug-likeness (QED) is 0.794. The summed E-state index contributed by atoms with van der Waals surface area (Å²) in [5, 5.41) is 3.75. The molecular weight excluding hydrogens is 284 g/mol. The molecule has 22 heavy (non-hydrogen) atoms. The van der Waals surface area contributed by atoms with E-state index in [-0.39, 0.29) is 5.69 Å². The Balaban J connectivity index is 2.45. The van der Waals surface area contributed by atoms with Crippen molar-refractivity contribution in [1.82, 2.24) is 5.16 Å². The van der Waals surface area contributed by atoms with Gasteiger partial charge in [-0.05, 0) is 25.5 Å². The van der Waals surface area contributed by atoms with E-state index >= 15 is 0 Å². The van der Waals surface area contributed by atoms with Crippen LogP contribution in [-0.2, 0) is 9.53 Å². The Labute approximate surface area is 128 Å². The van der Waals surface area contributed by atoms with Gasteiger partial charge in [-0.3, -0.25) is 9.69 Å². The maximum Gasteiger partial charge on any atom is 0.328 e. The minimum absolute atomic E-state index is 0.156. The number of nitrogens with zero attached hydrogens (tertiary/aromatic N) is 2. The van der Waals surface area contributed by atoms with Crippen molar-refractivity contribution in [2.24, 2.45) is 0 Å². The molecular formula is C16H18N2O4. The monoisotopic (exact) mass is 302 g/mol. The Kier molecular flexibility index (Phi) is 4.93. The molecule has 0 bridgehead atoms. The molecule has 0 aliphatic carbocycles. The molecule has 0 saturated heterocycles. The zero-order valence-corrected chi connectivity index (χ0v) is 12.8. The molecule has 1 heterocycles. The normalized spacial score (nSPS) is 11.8. The number of esters is 1. The molecule has 6 nitrogen and oxygen atoms in total. The van der Waals surface area contributed by atoms with Gasteiger partial charge in [-0.2, -0.15) is 0 Å². The molecule has 0 N–H and O–H groups in total. The number of para-hydroxylation sites is 1. The second kappa shape index (κ2) is 6.89. The van der Waals surface area contributed by atoms with Gasteiger partial charge in [0.1, 0.15) is 11.8 Å². The Morgan fingerprint density at radius 2 is 2.00 bits per heavy atom. The topological polar surface area (TPSA) is 72.6 Å². The fourth-order valence-electron chi connectivity index (χ4n) is 2.21. The molecule has 0 saturated carbocycles. The third-order valence-electron chi connectivity index (χ3n) is 3.27. The molecule has 1 atom stereocenters. The summed E-state index contributed by atoms with van der Waals surface area (Å²) in [6.45, 7) is 3.52. The number of aromatic nitrogens is 1. The van der Waals surface area contributed by atoms with E-state index in [0.29, 0.717) is 17.9 Å². The number of anilines is 1. The number of rotatable bonds is 5. The molecule has 6 heteroatoms. The van der Waals surface area contributed by atoms with Crippen LogP contribution in [0.15, 0.2) is 40.9 Å². The van der Waals surface area contributed by atoms with E-state index in [1.54, 1.807) is 37.3 Å². The van der Waals surface area contributed by atoms with Crippen molar-refractivity contribution in [2.45, 2.75) is 26.3 Å². The van der Waals surface area contributed by atoms with Gasteiger partial charge in [-0.1, -0.05) is 30.3 Å². The molecule has 0 radical (unpaired) electrons. The third-order valence-corrected chi connectivity index (χ3v) is 3.27. The molecule has 0 fully saturated rings. The smallest absolute Gasteiger partial charge is 0.328 e. The first kappa shape index (κ1) is 15.8. The van der Waals surface area contributed by atoms with E-state index in [0.717, 1.165) is 0 Å². The van der Waals surface area contributed by atoms with Gasteiger partial charge in [0, 0.05) is 11.8 Å². The van der Waals surface area contributed by atoms with E-state index in [1.165, 1.54) is 12.0 Å². The summed E-state index contributed by atoms with van der Waals surface area (Å²) in [4.78, 5) is 26.2. The summed E-state index contributed by atoms with van der Waals surface area (Å²) in [6, 6.07) is 9.78. The highest BCUT2D eigenvalue weighted by Gasteiger charge is 2.32. The van der Waals surface area contributed by atoms with Crippen LogP contribution in [0.3, 0.4) is 0 Å². The number of ether oxygens (including phenoxy) is 1. The fourth-order valence-corrected chi connectivity index (χ4v) is 2.21. The van der Waals surface area contributed by atoms with E-state index in [1.807, 2.05) is 13.0 Å². The van der Waals surface area contributed by atoms with Crippen LogP contribution in [0.2, 0.25) is 0 Å². The molecule has 1 amide bonds. The van der Waals surface area contributed by atoms with Gasteiger partial charge >= 0.3 is 5.97 Å². The van der Waals surface area contributed by atoms with Crippen LogP contribution in [0, 0.1) is 6.92 Å². The van der Waals surface area contributed by atoms with Gasteiger partial charge in [0.2, 0.25) is 0 Å². The zero-order valence-electron chi connectivity index (χ0n) is 12.8. The predicted octanol–water partition coefficient (Wildman–Crippen LogP) is 2.58. The largest absolute Gasteiger partial charge is 0.467 e. The van der Waals surface area contributed by atoms with Crippen LogP contribution in [0.5, 0.6) is 0 Å². The van der Waals surface area contributed by atoms with Crippen molar-refractivity contribution in [3.05, 3.63) is 47.9 Å². The maximum absolute atomic E-state index is 12.8. The summed E-state index contributed by atoms with van der Waals surface area (Å²) in [7, 11) is 1.30. The summed E-state index contributed by atoms with van der Waals surface area (Å²) < 4.78 is 9.78. The van der Waals surface area contributed by atoms with E-state index in [9.17, 15) is 9.59 Å². The number of hydrogen-bond acceptors (Lipinski definition) is 5. The Morgan fingerprint density at radius 3 is 2.50 bits per heavy atom. The zero-order chi connectivity index (χ0) is 16.1. The maximum atomic E-state index is 12.8. The predicted molar refractivity (Wildman–Crippen MR) is 80.6 cm³/mol. The van der Waals surface area contributed by atoms with Gasteiger partial charge in [0.25, 0.3) is 5.91 Å². The minimum Gasteiger partial charge on any atom is -0.467 e. The van der Waals surface area contributed by atoms with Crippen LogP contribution >= 0.6 is 0 Å². The SMILES string of the molecule is CC[C@@H](C(=O)OC)N(C(=O)c1cc(C)on1)c1ccccc1. The molecule has 0 aliphatic heterocycles. The van der Waals surface area contributed by atoms with Gasteiger partial charge in [-0.25, -0.2) is 4.79 Å². The van der Waals surface area contributed by atoms with Crippen molar-refractivity contribution in [2.75, 3.05) is 12.0 Å². The minimum atomic E-state index is -0.725. The van der Waals surface area contributed by atoms with Crippen LogP contribution < -0.4 is 4.90 Å². The lowest BCUT2D eigenvalue weighted by atomic mass is 10.1. The number of hydrogen-bond donors (Lipinski definition) is 0. The highest BCUT2D eigenvalue weighted by Crippen LogP contribution is 2.22. The first-order valence-corrected chi connectivity index (χ1v) is 6.98. The van der Waals surface area contributed by atoms with Gasteiger partial charge in [-0.15, -0.1) is 0 Å². The lowest BCUT2D eigenvalue weighted by molar-refractivity contribution is -0.142. The second-order valence-corrected chi connectivity index (χ2v) is 4.78. The Hall–Kier alpha value is -2.63. The van der Waals surface area contributed by atoms with E-state index < -0.39 is 17.9 Å². The second-order valence-electron chi connectivity index (χ2n) is 4.78. The van der Waals surface area contributed by atoms with Gasteiger partial charge < -0.3 is 9.26 Å². The molecule has 1 aromatic heterocycles.